The molecule has 65 valence electrons. The third-order valence-electron chi connectivity index (χ3n) is 1.73. The molecule has 0 heterocycles. The van der Waals surface area contributed by atoms with Crippen molar-refractivity contribution in [1.29, 1.82) is 0 Å². The summed E-state index contributed by atoms with van der Waals surface area (Å²) in [6.07, 6.45) is 2.05. The van der Waals surface area contributed by atoms with Gasteiger partial charge in [-0.05, 0) is 33.6 Å². The van der Waals surface area contributed by atoms with E-state index in [0.29, 0.717) is 0 Å². The minimum absolute atomic E-state index is 0.824. The van der Waals surface area contributed by atoms with E-state index in [1.165, 1.54) is 11.1 Å². The van der Waals surface area contributed by atoms with Crippen molar-refractivity contribution in [3.8, 4) is 0 Å². The lowest BCUT2D eigenvalue weighted by molar-refractivity contribution is 0.197. The number of hydrogen-bond donors (Lipinski definition) is 0. The van der Waals surface area contributed by atoms with Crippen LogP contribution in [0.2, 0.25) is 0 Å². The van der Waals surface area contributed by atoms with Crippen LogP contribution >= 0.6 is 0 Å². The van der Waals surface area contributed by atoms with Crippen LogP contribution in [0.5, 0.6) is 0 Å². The Kier molecular flexibility index (Phi) is 6.24. The second-order valence-corrected chi connectivity index (χ2v) is 2.98. The molecule has 0 aliphatic rings. The molecule has 0 bridgehead atoms. The number of hydrogen-bond acceptors (Lipinski definition) is 1. The zero-order chi connectivity index (χ0) is 8.69. The molecule has 1 heteroatoms. The van der Waals surface area contributed by atoms with E-state index in [1.807, 2.05) is 6.61 Å². The van der Waals surface area contributed by atoms with Gasteiger partial charge in [0.1, 0.15) is 0 Å². The Hall–Kier alpha value is -0.300. The SMILES string of the molecule is CC[CH]OCCC(C)=C(C)C. The Morgan fingerprint density at radius 3 is 2.36 bits per heavy atom. The Balaban J connectivity index is 3.32. The second kappa shape index (κ2) is 6.41. The van der Waals surface area contributed by atoms with E-state index in [0.717, 1.165) is 19.4 Å². The van der Waals surface area contributed by atoms with Gasteiger partial charge in [-0.1, -0.05) is 18.1 Å². The summed E-state index contributed by atoms with van der Waals surface area (Å²) in [4.78, 5) is 0. The molecular weight excluding hydrogens is 136 g/mol. The molecule has 0 unspecified atom stereocenters. The highest BCUT2D eigenvalue weighted by molar-refractivity contribution is 5.06. The van der Waals surface area contributed by atoms with E-state index in [-0.39, 0.29) is 0 Å². The van der Waals surface area contributed by atoms with Crippen LogP contribution in [-0.4, -0.2) is 6.61 Å². The monoisotopic (exact) mass is 155 g/mol. The molecule has 1 nitrogen and oxygen atoms in total. The van der Waals surface area contributed by atoms with E-state index in [9.17, 15) is 0 Å². The van der Waals surface area contributed by atoms with E-state index in [2.05, 4.69) is 27.7 Å². The average Bonchev–Trinajstić information content (AvgIpc) is 1.97. The van der Waals surface area contributed by atoms with E-state index in [1.54, 1.807) is 0 Å². The second-order valence-electron chi connectivity index (χ2n) is 2.98. The third kappa shape index (κ3) is 6.11. The van der Waals surface area contributed by atoms with Crippen LogP contribution in [0, 0.1) is 6.61 Å². The topological polar surface area (TPSA) is 9.23 Å². The van der Waals surface area contributed by atoms with Gasteiger partial charge in [-0.15, -0.1) is 0 Å². The van der Waals surface area contributed by atoms with Crippen molar-refractivity contribution in [2.24, 2.45) is 0 Å². The molecule has 0 aromatic heterocycles. The first-order valence-electron chi connectivity index (χ1n) is 4.24. The summed E-state index contributed by atoms with van der Waals surface area (Å²) < 4.78 is 5.24. The highest BCUT2D eigenvalue weighted by Gasteiger charge is 1.92. The summed E-state index contributed by atoms with van der Waals surface area (Å²) in [5.41, 5.74) is 2.85. The average molecular weight is 155 g/mol. The molecule has 0 rings (SSSR count). The van der Waals surface area contributed by atoms with Gasteiger partial charge in [-0.2, -0.15) is 0 Å². The molecule has 0 spiro atoms. The molecular formula is C10H19O. The molecule has 0 saturated heterocycles. The maximum Gasteiger partial charge on any atom is 0.0834 e. The smallest absolute Gasteiger partial charge is 0.0834 e. The predicted molar refractivity (Wildman–Crippen MR) is 49.2 cm³/mol. The van der Waals surface area contributed by atoms with Gasteiger partial charge in [0.25, 0.3) is 0 Å². The van der Waals surface area contributed by atoms with Crippen molar-refractivity contribution in [3.63, 3.8) is 0 Å². The fraction of sp³-hybridized carbons (Fsp3) is 0.700. The zero-order valence-corrected chi connectivity index (χ0v) is 8.11. The Labute approximate surface area is 70.4 Å². The lowest BCUT2D eigenvalue weighted by Gasteiger charge is -2.03. The summed E-state index contributed by atoms with van der Waals surface area (Å²) in [5.74, 6) is 0. The number of ether oxygens (including phenoxy) is 1. The lowest BCUT2D eigenvalue weighted by Crippen LogP contribution is -1.92. The van der Waals surface area contributed by atoms with Gasteiger partial charge in [-0.25, -0.2) is 0 Å². The van der Waals surface area contributed by atoms with Crippen molar-refractivity contribution >= 4 is 0 Å². The summed E-state index contributed by atoms with van der Waals surface area (Å²) in [6.45, 7) is 11.2. The van der Waals surface area contributed by atoms with E-state index < -0.39 is 0 Å². The Morgan fingerprint density at radius 1 is 1.27 bits per heavy atom. The molecule has 0 aromatic carbocycles. The largest absolute Gasteiger partial charge is 0.375 e. The standard InChI is InChI=1S/C10H19O/c1-5-7-11-8-6-10(4)9(2)3/h7H,5-6,8H2,1-4H3. The predicted octanol–water partition coefficient (Wildman–Crippen LogP) is 3.32. The van der Waals surface area contributed by atoms with Crippen LogP contribution < -0.4 is 0 Å². The van der Waals surface area contributed by atoms with Crippen molar-refractivity contribution in [2.75, 3.05) is 6.61 Å². The first-order chi connectivity index (χ1) is 5.18. The Bertz CT molecular complexity index is 121. The third-order valence-corrected chi connectivity index (χ3v) is 1.73. The molecule has 0 atom stereocenters. The lowest BCUT2D eigenvalue weighted by atomic mass is 10.1. The number of allylic oxidation sites excluding steroid dienone is 1. The molecule has 1 radical (unpaired) electrons. The van der Waals surface area contributed by atoms with Crippen LogP contribution in [-0.2, 0) is 4.74 Å². The minimum Gasteiger partial charge on any atom is -0.375 e. The molecule has 0 fully saturated rings. The summed E-state index contributed by atoms with van der Waals surface area (Å²) >= 11 is 0. The van der Waals surface area contributed by atoms with E-state index >= 15 is 0 Å². The fourth-order valence-corrected chi connectivity index (χ4v) is 0.663. The van der Waals surface area contributed by atoms with Gasteiger partial charge in [0, 0.05) is 0 Å². The van der Waals surface area contributed by atoms with Gasteiger partial charge < -0.3 is 4.74 Å². The van der Waals surface area contributed by atoms with Crippen molar-refractivity contribution in [3.05, 3.63) is 17.8 Å². The van der Waals surface area contributed by atoms with Crippen molar-refractivity contribution in [2.45, 2.75) is 40.5 Å². The summed E-state index contributed by atoms with van der Waals surface area (Å²) in [6, 6.07) is 0. The van der Waals surface area contributed by atoms with Gasteiger partial charge in [-0.3, -0.25) is 0 Å². The van der Waals surface area contributed by atoms with Gasteiger partial charge >= 0.3 is 0 Å². The molecule has 0 amide bonds. The maximum atomic E-state index is 5.24. The van der Waals surface area contributed by atoms with Gasteiger partial charge in [0.05, 0.1) is 13.2 Å². The van der Waals surface area contributed by atoms with Gasteiger partial charge in [0.15, 0.2) is 0 Å². The first kappa shape index (κ1) is 10.7. The number of rotatable bonds is 5. The molecule has 0 aromatic rings. The zero-order valence-electron chi connectivity index (χ0n) is 8.11. The molecule has 0 saturated carbocycles. The van der Waals surface area contributed by atoms with Gasteiger partial charge in [0.2, 0.25) is 0 Å². The maximum absolute atomic E-state index is 5.24. The molecule has 0 aliphatic carbocycles. The fourth-order valence-electron chi connectivity index (χ4n) is 0.663. The minimum atomic E-state index is 0.824. The van der Waals surface area contributed by atoms with Crippen LogP contribution in [0.4, 0.5) is 0 Å². The van der Waals surface area contributed by atoms with E-state index in [4.69, 9.17) is 4.74 Å². The summed E-state index contributed by atoms with van der Waals surface area (Å²) in [5, 5.41) is 0. The quantitative estimate of drug-likeness (QED) is 0.437. The normalized spacial score (nSPS) is 9.82. The van der Waals surface area contributed by atoms with Crippen LogP contribution in [0.1, 0.15) is 40.5 Å². The first-order valence-corrected chi connectivity index (χ1v) is 4.24. The van der Waals surface area contributed by atoms with Crippen molar-refractivity contribution in [1.82, 2.24) is 0 Å². The van der Waals surface area contributed by atoms with Crippen LogP contribution in [0.25, 0.3) is 0 Å². The highest BCUT2D eigenvalue weighted by atomic mass is 16.5. The molecule has 0 aliphatic heterocycles. The molecule has 11 heavy (non-hydrogen) atoms. The highest BCUT2D eigenvalue weighted by Crippen LogP contribution is 2.06. The Morgan fingerprint density at radius 2 is 1.91 bits per heavy atom. The van der Waals surface area contributed by atoms with Crippen LogP contribution in [0.3, 0.4) is 0 Å². The van der Waals surface area contributed by atoms with Crippen molar-refractivity contribution < 1.29 is 4.74 Å². The summed E-state index contributed by atoms with van der Waals surface area (Å²) in [7, 11) is 0. The molecule has 0 N–H and O–H groups in total. The van der Waals surface area contributed by atoms with Crippen LogP contribution in [0.15, 0.2) is 11.1 Å².